The summed E-state index contributed by atoms with van der Waals surface area (Å²) in [5, 5.41) is 10.4. The monoisotopic (exact) mass is 396 g/mol. The molecule has 0 aliphatic rings. The van der Waals surface area contributed by atoms with Crippen LogP contribution in [0.15, 0.2) is 32.9 Å². The van der Waals surface area contributed by atoms with E-state index in [0.29, 0.717) is 19.0 Å². The molecule has 0 saturated carbocycles. The van der Waals surface area contributed by atoms with E-state index in [9.17, 15) is 8.42 Å². The standard InChI is InChI=1S/C17H28N6O3S/c1-5-15-14(16(6-2)26-22-15)11-20-17(18-3)19-8-9-21-27(24,25)13-7-10-23(4)12-13/h7,10,12,21H,5-6,8-9,11H2,1-4H3,(H2,18,19,20). The molecule has 0 unspecified atom stereocenters. The van der Waals surface area contributed by atoms with Gasteiger partial charge in [0.05, 0.1) is 10.6 Å². The third-order valence-corrected chi connectivity index (χ3v) is 5.53. The molecule has 27 heavy (non-hydrogen) atoms. The van der Waals surface area contributed by atoms with Crippen LogP contribution in [-0.2, 0) is 36.5 Å². The van der Waals surface area contributed by atoms with Crippen molar-refractivity contribution in [3.63, 3.8) is 0 Å². The lowest BCUT2D eigenvalue weighted by atomic mass is 10.1. The van der Waals surface area contributed by atoms with Crippen LogP contribution in [0.5, 0.6) is 0 Å². The summed E-state index contributed by atoms with van der Waals surface area (Å²) in [6.07, 6.45) is 4.83. The van der Waals surface area contributed by atoms with Crippen molar-refractivity contribution in [1.82, 2.24) is 25.1 Å². The Labute approximate surface area is 160 Å². The van der Waals surface area contributed by atoms with E-state index in [2.05, 4.69) is 25.5 Å². The van der Waals surface area contributed by atoms with E-state index in [1.165, 1.54) is 0 Å². The summed E-state index contributed by atoms with van der Waals surface area (Å²) < 4.78 is 33.9. The molecule has 0 atom stereocenters. The van der Waals surface area contributed by atoms with Crippen LogP contribution in [0, 0.1) is 0 Å². The smallest absolute Gasteiger partial charge is 0.242 e. The molecule has 0 aliphatic carbocycles. The summed E-state index contributed by atoms with van der Waals surface area (Å²) in [6, 6.07) is 1.56. The average molecular weight is 397 g/mol. The van der Waals surface area contributed by atoms with Crippen LogP contribution >= 0.6 is 0 Å². The van der Waals surface area contributed by atoms with Gasteiger partial charge in [0.25, 0.3) is 0 Å². The zero-order valence-corrected chi connectivity index (χ0v) is 17.1. The van der Waals surface area contributed by atoms with Crippen molar-refractivity contribution < 1.29 is 12.9 Å². The highest BCUT2D eigenvalue weighted by molar-refractivity contribution is 7.89. The first kappa shape index (κ1) is 21.0. The van der Waals surface area contributed by atoms with E-state index >= 15 is 0 Å². The fourth-order valence-corrected chi connectivity index (χ4v) is 3.70. The molecule has 0 aliphatic heterocycles. The van der Waals surface area contributed by atoms with Gasteiger partial charge in [0.2, 0.25) is 10.0 Å². The Bertz CT molecular complexity index is 848. The third-order valence-electron chi connectivity index (χ3n) is 4.09. The maximum atomic E-state index is 12.2. The molecule has 0 radical (unpaired) electrons. The zero-order valence-electron chi connectivity index (χ0n) is 16.2. The summed E-state index contributed by atoms with van der Waals surface area (Å²) >= 11 is 0. The van der Waals surface area contributed by atoms with Crippen LogP contribution in [0.3, 0.4) is 0 Å². The molecule has 0 amide bonds. The van der Waals surface area contributed by atoms with E-state index in [0.717, 1.165) is 29.9 Å². The van der Waals surface area contributed by atoms with Gasteiger partial charge in [-0.1, -0.05) is 19.0 Å². The van der Waals surface area contributed by atoms with E-state index in [1.807, 2.05) is 13.8 Å². The second kappa shape index (κ2) is 9.56. The molecule has 9 nitrogen and oxygen atoms in total. The normalized spacial score (nSPS) is 12.4. The topological polar surface area (TPSA) is 114 Å². The maximum absolute atomic E-state index is 12.2. The highest BCUT2D eigenvalue weighted by Gasteiger charge is 2.15. The van der Waals surface area contributed by atoms with Crippen LogP contribution < -0.4 is 15.4 Å². The number of nitrogens with zero attached hydrogens (tertiary/aromatic N) is 3. The molecule has 0 fully saturated rings. The maximum Gasteiger partial charge on any atom is 0.242 e. The molecule has 10 heteroatoms. The largest absolute Gasteiger partial charge is 0.361 e. The number of guanidine groups is 1. The van der Waals surface area contributed by atoms with Gasteiger partial charge in [-0.25, -0.2) is 13.1 Å². The summed E-state index contributed by atoms with van der Waals surface area (Å²) in [4.78, 5) is 4.41. The summed E-state index contributed by atoms with van der Waals surface area (Å²) in [5.74, 6) is 1.45. The Morgan fingerprint density at radius 1 is 1.26 bits per heavy atom. The second-order valence-corrected chi connectivity index (χ2v) is 7.77. The molecule has 0 spiro atoms. The van der Waals surface area contributed by atoms with Crippen molar-refractivity contribution in [2.45, 2.75) is 38.1 Å². The molecule has 0 bridgehead atoms. The van der Waals surface area contributed by atoms with Gasteiger partial charge in [0.1, 0.15) is 5.76 Å². The van der Waals surface area contributed by atoms with Crippen molar-refractivity contribution in [2.24, 2.45) is 12.0 Å². The number of aliphatic imine (C=N–C) groups is 1. The van der Waals surface area contributed by atoms with Crippen LogP contribution in [0.2, 0.25) is 0 Å². The molecule has 2 aromatic heterocycles. The van der Waals surface area contributed by atoms with Crippen molar-refractivity contribution in [2.75, 3.05) is 20.1 Å². The van der Waals surface area contributed by atoms with Crippen LogP contribution in [-0.4, -0.2) is 44.2 Å². The predicted molar refractivity (Wildman–Crippen MR) is 104 cm³/mol. The van der Waals surface area contributed by atoms with Crippen molar-refractivity contribution in [3.05, 3.63) is 35.5 Å². The third kappa shape index (κ3) is 5.57. The van der Waals surface area contributed by atoms with Gasteiger partial charge in [0, 0.05) is 58.1 Å². The summed E-state index contributed by atoms with van der Waals surface area (Å²) in [7, 11) is -0.0590. The number of rotatable bonds is 9. The molecular weight excluding hydrogens is 368 g/mol. The fraction of sp³-hybridized carbons (Fsp3) is 0.529. The minimum Gasteiger partial charge on any atom is -0.361 e. The van der Waals surface area contributed by atoms with Crippen LogP contribution in [0.1, 0.15) is 30.9 Å². The molecule has 150 valence electrons. The molecule has 0 aromatic carbocycles. The molecule has 2 aromatic rings. The Balaban J connectivity index is 1.82. The van der Waals surface area contributed by atoms with Crippen molar-refractivity contribution in [1.29, 1.82) is 0 Å². The highest BCUT2D eigenvalue weighted by Crippen LogP contribution is 2.15. The lowest BCUT2D eigenvalue weighted by Crippen LogP contribution is -2.41. The number of aryl methyl sites for hydroxylation is 3. The van der Waals surface area contributed by atoms with Gasteiger partial charge in [-0.2, -0.15) is 0 Å². The number of hydrogen-bond acceptors (Lipinski definition) is 5. The second-order valence-electron chi connectivity index (χ2n) is 6.00. The molecule has 2 heterocycles. The zero-order chi connectivity index (χ0) is 19.9. The lowest BCUT2D eigenvalue weighted by Gasteiger charge is -2.12. The van der Waals surface area contributed by atoms with E-state index in [1.54, 1.807) is 37.1 Å². The number of hydrogen-bond donors (Lipinski definition) is 3. The Kier molecular flexibility index (Phi) is 7.43. The molecule has 3 N–H and O–H groups in total. The fourth-order valence-electron chi connectivity index (χ4n) is 2.62. The molecule has 0 saturated heterocycles. The number of aromatic nitrogens is 2. The molecular formula is C17H28N6O3S. The van der Waals surface area contributed by atoms with E-state index in [4.69, 9.17) is 4.52 Å². The van der Waals surface area contributed by atoms with Gasteiger partial charge in [-0.3, -0.25) is 4.99 Å². The van der Waals surface area contributed by atoms with E-state index < -0.39 is 10.0 Å². The summed E-state index contributed by atoms with van der Waals surface area (Å²) in [5.41, 5.74) is 1.98. The minimum atomic E-state index is -3.50. The minimum absolute atomic E-state index is 0.242. The first-order chi connectivity index (χ1) is 12.9. The van der Waals surface area contributed by atoms with Gasteiger partial charge < -0.3 is 19.7 Å². The van der Waals surface area contributed by atoms with Gasteiger partial charge >= 0.3 is 0 Å². The number of nitrogens with one attached hydrogen (secondary N) is 3. The summed E-state index contributed by atoms with van der Waals surface area (Å²) in [6.45, 7) is 5.25. The molecule has 2 rings (SSSR count). The van der Waals surface area contributed by atoms with Gasteiger partial charge in [-0.15, -0.1) is 0 Å². The first-order valence-electron chi connectivity index (χ1n) is 8.93. The predicted octanol–water partition coefficient (Wildman–Crippen LogP) is 0.781. The average Bonchev–Trinajstić information content (AvgIpc) is 3.27. The lowest BCUT2D eigenvalue weighted by molar-refractivity contribution is 0.380. The van der Waals surface area contributed by atoms with E-state index in [-0.39, 0.29) is 11.4 Å². The van der Waals surface area contributed by atoms with Crippen LogP contribution in [0.25, 0.3) is 0 Å². The van der Waals surface area contributed by atoms with Crippen LogP contribution in [0.4, 0.5) is 0 Å². The Hall–Kier alpha value is -2.33. The van der Waals surface area contributed by atoms with Crippen molar-refractivity contribution in [3.8, 4) is 0 Å². The number of sulfonamides is 1. The SMILES string of the molecule is CCc1noc(CC)c1CNC(=NC)NCCNS(=O)(=O)c1ccn(C)c1. The van der Waals surface area contributed by atoms with Gasteiger partial charge in [0.15, 0.2) is 5.96 Å². The Morgan fingerprint density at radius 2 is 2.04 bits per heavy atom. The first-order valence-corrected chi connectivity index (χ1v) is 10.4. The quantitative estimate of drug-likeness (QED) is 0.328. The van der Waals surface area contributed by atoms with Gasteiger partial charge in [-0.05, 0) is 12.5 Å². The van der Waals surface area contributed by atoms with Crippen molar-refractivity contribution >= 4 is 16.0 Å². The highest BCUT2D eigenvalue weighted by atomic mass is 32.2. The Morgan fingerprint density at radius 3 is 2.63 bits per heavy atom.